The van der Waals surface area contributed by atoms with E-state index in [1.54, 1.807) is 12.1 Å². The number of hydrogen-bond acceptors (Lipinski definition) is 3. The molecule has 1 heterocycles. The molecule has 148 valence electrons. The maximum Gasteiger partial charge on any atom is 0.241 e. The third kappa shape index (κ3) is 4.91. The highest BCUT2D eigenvalue weighted by atomic mass is 35.5. The molecule has 0 bridgehead atoms. The van der Waals surface area contributed by atoms with E-state index in [1.807, 2.05) is 47.9 Å². The van der Waals surface area contributed by atoms with Gasteiger partial charge in [0.15, 0.2) is 0 Å². The van der Waals surface area contributed by atoms with Gasteiger partial charge in [-0.25, -0.2) is 0 Å². The lowest BCUT2D eigenvalue weighted by Crippen LogP contribution is -2.44. The summed E-state index contributed by atoms with van der Waals surface area (Å²) in [5, 5.41) is 3.47. The minimum atomic E-state index is -0.154. The van der Waals surface area contributed by atoms with Crippen molar-refractivity contribution >= 4 is 34.8 Å². The van der Waals surface area contributed by atoms with Crippen LogP contribution in [0.25, 0.3) is 0 Å². The molecule has 0 saturated heterocycles. The number of aryl methyl sites for hydroxylation is 2. The smallest absolute Gasteiger partial charge is 0.241 e. The highest BCUT2D eigenvalue weighted by Gasteiger charge is 2.24. The zero-order valence-corrected chi connectivity index (χ0v) is 17.1. The minimum absolute atomic E-state index is 0.0285. The molecule has 0 saturated carbocycles. The molecule has 1 N–H and O–H groups in total. The summed E-state index contributed by atoms with van der Waals surface area (Å²) in [6.07, 6.45) is 1.96. The van der Waals surface area contributed by atoms with Crippen LogP contribution in [-0.4, -0.2) is 42.9 Å². The summed E-state index contributed by atoms with van der Waals surface area (Å²) in [7, 11) is 0. The van der Waals surface area contributed by atoms with Gasteiger partial charge in [0.2, 0.25) is 11.8 Å². The van der Waals surface area contributed by atoms with Crippen LogP contribution in [-0.2, 0) is 16.0 Å². The standard InChI is InChI=1S/C22H26ClN3O2/c1-3-25(14-21(27)24-19-13-18(23)11-10-16(19)2)15-22(28)26-12-6-8-17-7-4-5-9-20(17)26/h4-5,7,9-11,13H,3,6,8,12,14-15H2,1-2H3,(H,24,27). The molecular weight excluding hydrogens is 374 g/mol. The number of benzene rings is 2. The number of likely N-dealkylation sites (N-methyl/N-ethyl adjacent to an activating group) is 1. The van der Waals surface area contributed by atoms with Crippen LogP contribution in [0.15, 0.2) is 42.5 Å². The Morgan fingerprint density at radius 2 is 1.96 bits per heavy atom. The Morgan fingerprint density at radius 3 is 2.75 bits per heavy atom. The molecule has 0 spiro atoms. The Hall–Kier alpha value is -2.37. The molecule has 0 aromatic heterocycles. The Labute approximate surface area is 171 Å². The third-order valence-electron chi connectivity index (χ3n) is 5.06. The Kier molecular flexibility index (Phi) is 6.70. The fraction of sp³-hybridized carbons (Fsp3) is 0.364. The second-order valence-corrected chi connectivity index (χ2v) is 7.52. The molecule has 0 radical (unpaired) electrons. The number of hydrogen-bond donors (Lipinski definition) is 1. The van der Waals surface area contributed by atoms with E-state index >= 15 is 0 Å². The fourth-order valence-electron chi connectivity index (χ4n) is 3.47. The molecule has 2 aromatic carbocycles. The van der Waals surface area contributed by atoms with Gasteiger partial charge in [0, 0.05) is 22.9 Å². The van der Waals surface area contributed by atoms with Crippen molar-refractivity contribution in [3.05, 3.63) is 58.6 Å². The normalized spacial score (nSPS) is 13.4. The van der Waals surface area contributed by atoms with Gasteiger partial charge in [0.05, 0.1) is 13.1 Å². The van der Waals surface area contributed by atoms with Crippen LogP contribution in [0.3, 0.4) is 0 Å². The predicted molar refractivity (Wildman–Crippen MR) is 114 cm³/mol. The van der Waals surface area contributed by atoms with Crippen LogP contribution in [0.2, 0.25) is 5.02 Å². The van der Waals surface area contributed by atoms with E-state index < -0.39 is 0 Å². The van der Waals surface area contributed by atoms with E-state index in [2.05, 4.69) is 11.4 Å². The lowest BCUT2D eigenvalue weighted by molar-refractivity contribution is -0.121. The van der Waals surface area contributed by atoms with Gasteiger partial charge in [-0.1, -0.05) is 42.8 Å². The number of para-hydroxylation sites is 1. The van der Waals surface area contributed by atoms with Gasteiger partial charge < -0.3 is 10.2 Å². The van der Waals surface area contributed by atoms with Gasteiger partial charge in [-0.3, -0.25) is 14.5 Å². The lowest BCUT2D eigenvalue weighted by Gasteiger charge is -2.31. The number of carbonyl (C=O) groups excluding carboxylic acids is 2. The highest BCUT2D eigenvalue weighted by Crippen LogP contribution is 2.26. The van der Waals surface area contributed by atoms with Gasteiger partial charge >= 0.3 is 0 Å². The number of nitrogens with zero attached hydrogens (tertiary/aromatic N) is 2. The molecule has 2 amide bonds. The highest BCUT2D eigenvalue weighted by molar-refractivity contribution is 6.31. The first-order valence-corrected chi connectivity index (χ1v) is 10.0. The fourth-order valence-corrected chi connectivity index (χ4v) is 3.64. The van der Waals surface area contributed by atoms with Crippen molar-refractivity contribution in [1.82, 2.24) is 4.90 Å². The van der Waals surface area contributed by atoms with Gasteiger partial charge in [-0.05, 0) is 55.6 Å². The van der Waals surface area contributed by atoms with E-state index in [0.717, 1.165) is 30.6 Å². The molecule has 1 aliphatic rings. The van der Waals surface area contributed by atoms with Crippen LogP contribution in [0, 0.1) is 6.92 Å². The van der Waals surface area contributed by atoms with Crippen molar-refractivity contribution < 1.29 is 9.59 Å². The number of fused-ring (bicyclic) bond motifs is 1. The Balaban J connectivity index is 1.62. The summed E-state index contributed by atoms with van der Waals surface area (Å²) in [6, 6.07) is 13.4. The second-order valence-electron chi connectivity index (χ2n) is 7.09. The number of halogens is 1. The van der Waals surface area contributed by atoms with E-state index in [0.29, 0.717) is 17.3 Å². The van der Waals surface area contributed by atoms with Crippen molar-refractivity contribution in [3.63, 3.8) is 0 Å². The maximum atomic E-state index is 12.9. The third-order valence-corrected chi connectivity index (χ3v) is 5.29. The molecule has 6 heteroatoms. The molecule has 0 fully saturated rings. The lowest BCUT2D eigenvalue weighted by atomic mass is 10.0. The van der Waals surface area contributed by atoms with E-state index in [9.17, 15) is 9.59 Å². The SMILES string of the molecule is CCN(CC(=O)Nc1cc(Cl)ccc1C)CC(=O)N1CCCc2ccccc21. The number of anilines is 2. The molecule has 3 rings (SSSR count). The summed E-state index contributed by atoms with van der Waals surface area (Å²) in [5.74, 6) is -0.125. The predicted octanol–water partition coefficient (Wildman–Crippen LogP) is 3.89. The van der Waals surface area contributed by atoms with Crippen molar-refractivity contribution in [2.75, 3.05) is 36.4 Å². The second kappa shape index (κ2) is 9.22. The molecule has 1 aliphatic heterocycles. The quantitative estimate of drug-likeness (QED) is 0.801. The van der Waals surface area contributed by atoms with Crippen LogP contribution >= 0.6 is 11.6 Å². The van der Waals surface area contributed by atoms with E-state index in [1.165, 1.54) is 5.56 Å². The maximum absolute atomic E-state index is 12.9. The van der Waals surface area contributed by atoms with Gasteiger partial charge in [0.25, 0.3) is 0 Å². The van der Waals surface area contributed by atoms with Gasteiger partial charge in [-0.2, -0.15) is 0 Å². The first-order valence-electron chi connectivity index (χ1n) is 9.64. The molecule has 28 heavy (non-hydrogen) atoms. The first kappa shape index (κ1) is 20.4. The van der Waals surface area contributed by atoms with Gasteiger partial charge in [-0.15, -0.1) is 0 Å². The van der Waals surface area contributed by atoms with E-state index in [-0.39, 0.29) is 24.9 Å². The van der Waals surface area contributed by atoms with Crippen molar-refractivity contribution in [3.8, 4) is 0 Å². The number of carbonyl (C=O) groups is 2. The average Bonchev–Trinajstić information content (AvgIpc) is 2.69. The van der Waals surface area contributed by atoms with Crippen LogP contribution in [0.1, 0.15) is 24.5 Å². The molecule has 5 nitrogen and oxygen atoms in total. The summed E-state index contributed by atoms with van der Waals surface area (Å²) in [5.41, 5.74) is 3.85. The topological polar surface area (TPSA) is 52.7 Å². The van der Waals surface area contributed by atoms with Crippen LogP contribution < -0.4 is 10.2 Å². The summed E-state index contributed by atoms with van der Waals surface area (Å²) in [6.45, 7) is 5.58. The van der Waals surface area contributed by atoms with Crippen molar-refractivity contribution in [1.29, 1.82) is 0 Å². The number of amides is 2. The summed E-state index contributed by atoms with van der Waals surface area (Å²) in [4.78, 5) is 29.1. The molecular formula is C22H26ClN3O2. The molecule has 0 atom stereocenters. The molecule has 0 unspecified atom stereocenters. The van der Waals surface area contributed by atoms with Crippen molar-refractivity contribution in [2.45, 2.75) is 26.7 Å². The zero-order valence-electron chi connectivity index (χ0n) is 16.4. The zero-order chi connectivity index (χ0) is 20.1. The number of nitrogens with one attached hydrogen (secondary N) is 1. The molecule has 0 aliphatic carbocycles. The monoisotopic (exact) mass is 399 g/mol. The van der Waals surface area contributed by atoms with Crippen LogP contribution in [0.5, 0.6) is 0 Å². The largest absolute Gasteiger partial charge is 0.325 e. The Bertz CT molecular complexity index is 869. The van der Waals surface area contributed by atoms with E-state index in [4.69, 9.17) is 11.6 Å². The molecule has 2 aromatic rings. The minimum Gasteiger partial charge on any atom is -0.325 e. The van der Waals surface area contributed by atoms with Crippen LogP contribution in [0.4, 0.5) is 11.4 Å². The van der Waals surface area contributed by atoms with Gasteiger partial charge in [0.1, 0.15) is 0 Å². The summed E-state index contributed by atoms with van der Waals surface area (Å²) >= 11 is 6.02. The van der Waals surface area contributed by atoms with Crippen molar-refractivity contribution in [2.24, 2.45) is 0 Å². The Morgan fingerprint density at radius 1 is 1.18 bits per heavy atom. The summed E-state index contributed by atoms with van der Waals surface area (Å²) < 4.78 is 0. The number of rotatable bonds is 6. The first-order chi connectivity index (χ1) is 13.5. The average molecular weight is 400 g/mol.